The SMILES string of the molecule is CCCCNC(=O)[C@H](C)N(Cc1ccc(C)cc1)C(=O)COc1cc(C)c(Br)c(C)c1. The molecular weight excluding hydrogens is 456 g/mol. The lowest BCUT2D eigenvalue weighted by Gasteiger charge is -2.29. The molecule has 0 saturated carbocycles. The normalized spacial score (nSPS) is 11.7. The van der Waals surface area contributed by atoms with Crippen molar-refractivity contribution >= 4 is 27.7 Å². The highest BCUT2D eigenvalue weighted by Crippen LogP contribution is 2.26. The second kappa shape index (κ2) is 11.9. The molecule has 0 saturated heterocycles. The first-order valence-corrected chi connectivity index (χ1v) is 11.5. The lowest BCUT2D eigenvalue weighted by molar-refractivity contribution is -0.142. The van der Waals surface area contributed by atoms with Gasteiger partial charge in [-0.2, -0.15) is 0 Å². The number of amides is 2. The minimum atomic E-state index is -0.595. The number of nitrogens with zero attached hydrogens (tertiary/aromatic N) is 1. The molecule has 2 aromatic rings. The summed E-state index contributed by atoms with van der Waals surface area (Å²) in [7, 11) is 0. The van der Waals surface area contributed by atoms with Gasteiger partial charge in [-0.05, 0) is 62.9 Å². The van der Waals surface area contributed by atoms with Crippen LogP contribution >= 0.6 is 15.9 Å². The molecule has 0 bridgehead atoms. The maximum absolute atomic E-state index is 13.1. The number of nitrogens with one attached hydrogen (secondary N) is 1. The number of ether oxygens (including phenoxy) is 1. The number of rotatable bonds is 10. The van der Waals surface area contributed by atoms with Gasteiger partial charge in [-0.3, -0.25) is 9.59 Å². The van der Waals surface area contributed by atoms with Gasteiger partial charge in [-0.25, -0.2) is 0 Å². The molecular formula is C25H33BrN2O3. The Hall–Kier alpha value is -2.34. The molecule has 1 atom stereocenters. The van der Waals surface area contributed by atoms with Crippen molar-refractivity contribution in [2.75, 3.05) is 13.2 Å². The van der Waals surface area contributed by atoms with Gasteiger partial charge in [0.25, 0.3) is 5.91 Å². The van der Waals surface area contributed by atoms with Gasteiger partial charge in [0.15, 0.2) is 6.61 Å². The van der Waals surface area contributed by atoms with Gasteiger partial charge >= 0.3 is 0 Å². The number of benzene rings is 2. The van der Waals surface area contributed by atoms with E-state index in [0.29, 0.717) is 18.8 Å². The molecule has 0 unspecified atom stereocenters. The molecule has 0 spiro atoms. The number of hydrogen-bond acceptors (Lipinski definition) is 3. The summed E-state index contributed by atoms with van der Waals surface area (Å²) >= 11 is 3.54. The lowest BCUT2D eigenvalue weighted by Crippen LogP contribution is -2.49. The predicted octanol–water partition coefficient (Wildman–Crippen LogP) is 5.09. The third kappa shape index (κ3) is 7.39. The maximum Gasteiger partial charge on any atom is 0.261 e. The number of carbonyl (C=O) groups excluding carboxylic acids is 2. The van der Waals surface area contributed by atoms with Crippen LogP contribution in [0.4, 0.5) is 0 Å². The average Bonchev–Trinajstić information content (AvgIpc) is 2.74. The van der Waals surface area contributed by atoms with E-state index < -0.39 is 6.04 Å². The van der Waals surface area contributed by atoms with Gasteiger partial charge in [0, 0.05) is 17.6 Å². The number of unbranched alkanes of at least 4 members (excludes halogenated alkanes) is 1. The highest BCUT2D eigenvalue weighted by atomic mass is 79.9. The summed E-state index contributed by atoms with van der Waals surface area (Å²) in [6.45, 7) is 10.7. The van der Waals surface area contributed by atoms with Gasteiger partial charge < -0.3 is 15.0 Å². The van der Waals surface area contributed by atoms with Gasteiger partial charge in [-0.1, -0.05) is 59.1 Å². The molecule has 2 amide bonds. The van der Waals surface area contributed by atoms with Crippen LogP contribution in [0.5, 0.6) is 5.75 Å². The Balaban J connectivity index is 2.14. The van der Waals surface area contributed by atoms with Gasteiger partial charge in [0.1, 0.15) is 11.8 Å². The third-order valence-corrected chi connectivity index (χ3v) is 6.49. The van der Waals surface area contributed by atoms with Crippen LogP contribution < -0.4 is 10.1 Å². The van der Waals surface area contributed by atoms with Crippen LogP contribution in [0.2, 0.25) is 0 Å². The quantitative estimate of drug-likeness (QED) is 0.474. The second-order valence-electron chi connectivity index (χ2n) is 7.99. The zero-order valence-corrected chi connectivity index (χ0v) is 20.7. The number of hydrogen-bond donors (Lipinski definition) is 1. The Morgan fingerprint density at radius 1 is 1.10 bits per heavy atom. The standard InChI is InChI=1S/C25H33BrN2O3/c1-6-7-12-27-25(30)20(5)28(15-21-10-8-17(2)9-11-21)23(29)16-31-22-13-18(3)24(26)19(4)14-22/h8-11,13-14,20H,6-7,12,15-16H2,1-5H3,(H,27,30)/t20-/m0/s1. The molecule has 6 heteroatoms. The first kappa shape index (κ1) is 24.9. The molecule has 0 heterocycles. The molecule has 0 aliphatic heterocycles. The van der Waals surface area contributed by atoms with Crippen LogP contribution in [-0.2, 0) is 16.1 Å². The number of halogens is 1. The Bertz CT molecular complexity index is 873. The molecule has 0 radical (unpaired) electrons. The summed E-state index contributed by atoms with van der Waals surface area (Å²) in [5.74, 6) is 0.267. The molecule has 0 aliphatic rings. The molecule has 1 N–H and O–H groups in total. The Morgan fingerprint density at radius 2 is 1.71 bits per heavy atom. The third-order valence-electron chi connectivity index (χ3n) is 5.24. The van der Waals surface area contributed by atoms with E-state index in [2.05, 4.69) is 28.2 Å². The van der Waals surface area contributed by atoms with Crippen LogP contribution in [0.3, 0.4) is 0 Å². The summed E-state index contributed by atoms with van der Waals surface area (Å²) in [6, 6.07) is 11.2. The molecule has 168 valence electrons. The van der Waals surface area contributed by atoms with Crippen molar-refractivity contribution in [3.63, 3.8) is 0 Å². The topological polar surface area (TPSA) is 58.6 Å². The lowest BCUT2D eigenvalue weighted by atomic mass is 10.1. The van der Waals surface area contributed by atoms with Crippen LogP contribution in [0.15, 0.2) is 40.9 Å². The summed E-state index contributed by atoms with van der Waals surface area (Å²) in [5, 5.41) is 2.93. The fourth-order valence-electron chi connectivity index (χ4n) is 3.23. The van der Waals surface area contributed by atoms with E-state index in [1.165, 1.54) is 0 Å². The Labute approximate surface area is 194 Å². The summed E-state index contributed by atoms with van der Waals surface area (Å²) < 4.78 is 6.84. The fraction of sp³-hybridized carbons (Fsp3) is 0.440. The predicted molar refractivity (Wildman–Crippen MR) is 128 cm³/mol. The average molecular weight is 489 g/mol. The number of carbonyl (C=O) groups is 2. The van der Waals surface area contributed by atoms with Crippen molar-refractivity contribution in [2.45, 2.75) is 60.0 Å². The van der Waals surface area contributed by atoms with Crippen LogP contribution in [-0.4, -0.2) is 35.9 Å². The van der Waals surface area contributed by atoms with E-state index in [9.17, 15) is 9.59 Å². The molecule has 2 rings (SSSR count). The van der Waals surface area contributed by atoms with Crippen LogP contribution in [0, 0.1) is 20.8 Å². The van der Waals surface area contributed by atoms with E-state index in [4.69, 9.17) is 4.74 Å². The molecule has 0 aliphatic carbocycles. The van der Waals surface area contributed by atoms with Crippen LogP contribution in [0.1, 0.15) is 48.9 Å². The molecule has 5 nitrogen and oxygen atoms in total. The van der Waals surface area contributed by atoms with Crippen molar-refractivity contribution in [3.05, 3.63) is 63.1 Å². The Kier molecular flexibility index (Phi) is 9.56. The van der Waals surface area contributed by atoms with E-state index >= 15 is 0 Å². The summed E-state index contributed by atoms with van der Waals surface area (Å²) in [6.07, 6.45) is 1.91. The smallest absolute Gasteiger partial charge is 0.261 e. The van der Waals surface area contributed by atoms with Gasteiger partial charge in [0.05, 0.1) is 0 Å². The highest BCUT2D eigenvalue weighted by Gasteiger charge is 2.26. The summed E-state index contributed by atoms with van der Waals surface area (Å²) in [5.41, 5.74) is 4.21. The first-order chi connectivity index (χ1) is 14.7. The van der Waals surface area contributed by atoms with Gasteiger partial charge in [0.2, 0.25) is 5.91 Å². The van der Waals surface area contributed by atoms with Crippen molar-refractivity contribution in [1.82, 2.24) is 10.2 Å². The van der Waals surface area contributed by atoms with E-state index in [1.807, 2.05) is 57.2 Å². The molecule has 31 heavy (non-hydrogen) atoms. The van der Waals surface area contributed by atoms with Crippen molar-refractivity contribution in [2.24, 2.45) is 0 Å². The Morgan fingerprint density at radius 3 is 2.29 bits per heavy atom. The zero-order valence-electron chi connectivity index (χ0n) is 19.1. The van der Waals surface area contributed by atoms with Crippen molar-refractivity contribution < 1.29 is 14.3 Å². The van der Waals surface area contributed by atoms with Gasteiger partial charge in [-0.15, -0.1) is 0 Å². The molecule has 2 aromatic carbocycles. The van der Waals surface area contributed by atoms with E-state index in [1.54, 1.807) is 11.8 Å². The molecule has 0 aromatic heterocycles. The first-order valence-electron chi connectivity index (χ1n) is 10.7. The second-order valence-corrected chi connectivity index (χ2v) is 8.78. The largest absolute Gasteiger partial charge is 0.484 e. The monoisotopic (exact) mass is 488 g/mol. The zero-order chi connectivity index (χ0) is 23.0. The minimum absolute atomic E-state index is 0.126. The van der Waals surface area contributed by atoms with Crippen molar-refractivity contribution in [1.29, 1.82) is 0 Å². The van der Waals surface area contributed by atoms with E-state index in [0.717, 1.165) is 39.6 Å². The fourth-order valence-corrected chi connectivity index (χ4v) is 3.46. The van der Waals surface area contributed by atoms with Crippen molar-refractivity contribution in [3.8, 4) is 5.75 Å². The molecule has 0 fully saturated rings. The maximum atomic E-state index is 13.1. The minimum Gasteiger partial charge on any atom is -0.484 e. The van der Waals surface area contributed by atoms with Crippen LogP contribution in [0.25, 0.3) is 0 Å². The summed E-state index contributed by atoms with van der Waals surface area (Å²) in [4.78, 5) is 27.4. The highest BCUT2D eigenvalue weighted by molar-refractivity contribution is 9.10. The number of aryl methyl sites for hydroxylation is 3. The van der Waals surface area contributed by atoms with E-state index in [-0.39, 0.29) is 18.4 Å².